The normalized spacial score (nSPS) is 17.8. The van der Waals surface area contributed by atoms with Gasteiger partial charge in [-0.25, -0.2) is 0 Å². The van der Waals surface area contributed by atoms with Crippen LogP contribution in [0.5, 0.6) is 0 Å². The van der Waals surface area contributed by atoms with Crippen LogP contribution in [-0.2, 0) is 38.8 Å². The van der Waals surface area contributed by atoms with Crippen molar-refractivity contribution in [2.45, 2.75) is 38.8 Å². The van der Waals surface area contributed by atoms with Crippen molar-refractivity contribution in [3.05, 3.63) is 47.0 Å². The summed E-state index contributed by atoms with van der Waals surface area (Å²) in [7, 11) is 0. The summed E-state index contributed by atoms with van der Waals surface area (Å²) >= 11 is 0. The summed E-state index contributed by atoms with van der Waals surface area (Å²) in [5.41, 5.74) is 6.13. The second-order valence-electron chi connectivity index (χ2n) is 4.94. The lowest BCUT2D eigenvalue weighted by atomic mass is 10.1. The number of nitrogens with zero attached hydrogens (tertiary/aromatic N) is 2. The molecule has 0 saturated carbocycles. The molecule has 2 bridgehead atoms. The molecule has 0 fully saturated rings. The Morgan fingerprint density at radius 3 is 1.19 bits per heavy atom. The molecule has 2 aliphatic rings. The van der Waals surface area contributed by atoms with Gasteiger partial charge in [-0.1, -0.05) is 0 Å². The molecule has 2 heteroatoms. The van der Waals surface area contributed by atoms with Crippen molar-refractivity contribution < 1.29 is 0 Å². The molecule has 4 heterocycles. The van der Waals surface area contributed by atoms with E-state index in [9.17, 15) is 0 Å². The number of aryl methyl sites for hydroxylation is 4. The molecule has 2 aromatic heterocycles. The maximum absolute atomic E-state index is 2.55. The second-order valence-corrected chi connectivity index (χ2v) is 4.94. The highest BCUT2D eigenvalue weighted by molar-refractivity contribution is 5.25. The Balaban J connectivity index is 1.94. The molecule has 0 atom stereocenters. The van der Waals surface area contributed by atoms with Gasteiger partial charge in [0.05, 0.1) is 0 Å². The molecule has 2 aromatic rings. The van der Waals surface area contributed by atoms with Crippen molar-refractivity contribution in [1.82, 2.24) is 9.13 Å². The molecule has 0 N–H and O–H groups in total. The molecule has 0 amide bonds. The van der Waals surface area contributed by atoms with E-state index < -0.39 is 0 Å². The van der Waals surface area contributed by atoms with Crippen molar-refractivity contribution >= 4 is 0 Å². The molecule has 0 radical (unpaired) electrons. The van der Waals surface area contributed by atoms with E-state index >= 15 is 0 Å². The Hall–Kier alpha value is -1.44. The zero-order valence-corrected chi connectivity index (χ0v) is 9.45. The van der Waals surface area contributed by atoms with Gasteiger partial charge in [-0.15, -0.1) is 0 Å². The van der Waals surface area contributed by atoms with E-state index in [-0.39, 0.29) is 0 Å². The number of rotatable bonds is 0. The molecular weight excluding hydrogens is 196 g/mol. The fourth-order valence-corrected chi connectivity index (χ4v) is 3.27. The van der Waals surface area contributed by atoms with Crippen LogP contribution in [0.2, 0.25) is 0 Å². The highest BCUT2D eigenvalue weighted by Crippen LogP contribution is 2.23. The van der Waals surface area contributed by atoms with Crippen LogP contribution in [0.1, 0.15) is 22.8 Å². The average Bonchev–Trinajstić information content (AvgIpc) is 2.74. The van der Waals surface area contributed by atoms with Crippen LogP contribution >= 0.6 is 0 Å². The lowest BCUT2D eigenvalue weighted by molar-refractivity contribution is 0.485. The van der Waals surface area contributed by atoms with Crippen molar-refractivity contribution in [2.75, 3.05) is 0 Å². The average molecular weight is 212 g/mol. The molecule has 82 valence electrons. The lowest BCUT2D eigenvalue weighted by Crippen LogP contribution is -2.22. The highest BCUT2D eigenvalue weighted by Gasteiger charge is 2.18. The van der Waals surface area contributed by atoms with E-state index in [1.807, 2.05) is 0 Å². The summed E-state index contributed by atoms with van der Waals surface area (Å²) in [6.45, 7) is 2.32. The van der Waals surface area contributed by atoms with Crippen molar-refractivity contribution in [2.24, 2.45) is 0 Å². The van der Waals surface area contributed by atoms with Crippen LogP contribution < -0.4 is 0 Å². The number of hydrogen-bond acceptors (Lipinski definition) is 0. The number of hydrogen-bond donors (Lipinski definition) is 0. The number of fused-ring (bicyclic) bond motifs is 1. The summed E-state index contributed by atoms with van der Waals surface area (Å²) in [6.07, 6.45) is 4.79. The van der Waals surface area contributed by atoms with Gasteiger partial charge in [0.1, 0.15) is 0 Å². The Bertz CT molecular complexity index is 452. The predicted molar refractivity (Wildman–Crippen MR) is 63.7 cm³/mol. The fourth-order valence-electron chi connectivity index (χ4n) is 3.27. The third-order valence-electron chi connectivity index (χ3n) is 4.14. The third kappa shape index (κ3) is 1.07. The van der Waals surface area contributed by atoms with Gasteiger partial charge in [-0.3, -0.25) is 0 Å². The maximum Gasteiger partial charge on any atom is 0.0405 e. The Labute approximate surface area is 95.5 Å². The Morgan fingerprint density at radius 1 is 0.562 bits per heavy atom. The Morgan fingerprint density at radius 2 is 0.875 bits per heavy atom. The molecular formula is C14H16N2. The van der Waals surface area contributed by atoms with Crippen LogP contribution in [0.4, 0.5) is 0 Å². The van der Waals surface area contributed by atoms with Crippen molar-refractivity contribution in [3.8, 4) is 0 Å². The summed E-state index contributed by atoms with van der Waals surface area (Å²) in [4.78, 5) is 0. The molecule has 16 heavy (non-hydrogen) atoms. The van der Waals surface area contributed by atoms with E-state index in [0.29, 0.717) is 0 Å². The smallest absolute Gasteiger partial charge is 0.0405 e. The molecule has 0 aromatic carbocycles. The predicted octanol–water partition coefficient (Wildman–Crippen LogP) is 2.19. The van der Waals surface area contributed by atoms with Gasteiger partial charge in [0.2, 0.25) is 0 Å². The zero-order valence-electron chi connectivity index (χ0n) is 9.45. The highest BCUT2D eigenvalue weighted by atomic mass is 15.1. The first kappa shape index (κ1) is 8.68. The van der Waals surface area contributed by atoms with Gasteiger partial charge in [0.25, 0.3) is 0 Å². The monoisotopic (exact) mass is 212 g/mol. The minimum atomic E-state index is 1.16. The molecule has 2 nitrogen and oxygen atoms in total. The summed E-state index contributed by atoms with van der Waals surface area (Å²) < 4.78 is 5.10. The van der Waals surface area contributed by atoms with E-state index in [1.54, 1.807) is 0 Å². The quantitative estimate of drug-likeness (QED) is 0.633. The van der Waals surface area contributed by atoms with E-state index in [4.69, 9.17) is 0 Å². The zero-order chi connectivity index (χ0) is 10.5. The van der Waals surface area contributed by atoms with Gasteiger partial charge < -0.3 is 9.13 Å². The molecule has 4 rings (SSSR count). The lowest BCUT2D eigenvalue weighted by Gasteiger charge is -2.23. The number of aromatic nitrogens is 2. The molecule has 0 saturated heterocycles. The third-order valence-corrected chi connectivity index (χ3v) is 4.14. The fraction of sp³-hybridized carbons (Fsp3) is 0.429. The van der Waals surface area contributed by atoms with Crippen molar-refractivity contribution in [3.63, 3.8) is 0 Å². The first-order valence-electron chi connectivity index (χ1n) is 6.26. The van der Waals surface area contributed by atoms with Gasteiger partial charge in [-0.05, 0) is 49.9 Å². The van der Waals surface area contributed by atoms with Crippen molar-refractivity contribution in [1.29, 1.82) is 0 Å². The standard InChI is InChI=1S/C14H16N2/c1-2-12-7-8-14-4-3-13-6-5-11(1)15(12)9-10-16(13)14/h1-4H,5-10H2. The van der Waals surface area contributed by atoms with Crippen LogP contribution in [0.3, 0.4) is 0 Å². The van der Waals surface area contributed by atoms with Gasteiger partial charge in [-0.2, -0.15) is 0 Å². The minimum absolute atomic E-state index is 1.16. The van der Waals surface area contributed by atoms with E-state index in [1.165, 1.54) is 48.5 Å². The first-order chi connectivity index (χ1) is 7.92. The maximum atomic E-state index is 2.55. The topological polar surface area (TPSA) is 9.86 Å². The minimum Gasteiger partial charge on any atom is -0.347 e. The first-order valence-corrected chi connectivity index (χ1v) is 6.26. The summed E-state index contributed by atoms with van der Waals surface area (Å²) in [5.74, 6) is 0. The largest absolute Gasteiger partial charge is 0.347 e. The molecule has 0 aliphatic carbocycles. The second kappa shape index (κ2) is 3.03. The van der Waals surface area contributed by atoms with E-state index in [0.717, 1.165) is 13.1 Å². The van der Waals surface area contributed by atoms with Crippen LogP contribution in [-0.4, -0.2) is 9.13 Å². The SMILES string of the molecule is c1cc2n3c1CCc1ccc(n1CC3)CC2. The Kier molecular flexibility index (Phi) is 1.65. The molecule has 0 unspecified atom stereocenters. The van der Waals surface area contributed by atoms with Crippen LogP contribution in [0.25, 0.3) is 0 Å². The molecule has 2 aliphatic heterocycles. The summed E-state index contributed by atoms with van der Waals surface area (Å²) in [6, 6.07) is 9.33. The van der Waals surface area contributed by atoms with Gasteiger partial charge in [0, 0.05) is 35.9 Å². The van der Waals surface area contributed by atoms with E-state index in [2.05, 4.69) is 33.4 Å². The van der Waals surface area contributed by atoms with Gasteiger partial charge in [0.15, 0.2) is 0 Å². The summed E-state index contributed by atoms with van der Waals surface area (Å²) in [5, 5.41) is 0. The molecule has 0 spiro atoms. The van der Waals surface area contributed by atoms with Crippen LogP contribution in [0, 0.1) is 0 Å². The van der Waals surface area contributed by atoms with Gasteiger partial charge >= 0.3 is 0 Å². The van der Waals surface area contributed by atoms with Crippen LogP contribution in [0.15, 0.2) is 24.3 Å².